The van der Waals surface area contributed by atoms with Crippen LogP contribution in [-0.2, 0) is 10.0 Å². The maximum absolute atomic E-state index is 12.6. The Hall–Kier alpha value is -2.05. The number of carbonyl (C=O) groups is 1. The van der Waals surface area contributed by atoms with Crippen molar-refractivity contribution in [2.24, 2.45) is 0 Å². The average molecular weight is 353 g/mol. The molecule has 0 unspecified atom stereocenters. The molecule has 2 aromatic rings. The first-order chi connectivity index (χ1) is 10.6. The number of carboxylic acid groups (broad SMARTS) is 1. The molecule has 0 atom stereocenters. The number of halogens is 1. The van der Waals surface area contributed by atoms with Crippen LogP contribution in [0.25, 0.3) is 0 Å². The summed E-state index contributed by atoms with van der Waals surface area (Å²) < 4.78 is 27.6. The van der Waals surface area contributed by atoms with Gasteiger partial charge >= 0.3 is 0 Å². The Balaban J connectivity index is 2.53. The molecule has 2 rings (SSSR count). The summed E-state index contributed by atoms with van der Waals surface area (Å²) in [6.45, 7) is 5.08. The number of carboxylic acids is 1. The van der Waals surface area contributed by atoms with E-state index in [0.29, 0.717) is 11.1 Å². The van der Waals surface area contributed by atoms with Gasteiger partial charge in [0, 0.05) is 0 Å². The van der Waals surface area contributed by atoms with Crippen LogP contribution < -0.4 is 9.83 Å². The molecule has 23 heavy (non-hydrogen) atoms. The minimum absolute atomic E-state index is 0.117. The summed E-state index contributed by atoms with van der Waals surface area (Å²) >= 11 is 6.04. The second-order valence-corrected chi connectivity index (χ2v) is 7.35. The Kier molecular flexibility index (Phi) is 4.68. The van der Waals surface area contributed by atoms with Gasteiger partial charge in [0.05, 0.1) is 21.6 Å². The second kappa shape index (κ2) is 6.22. The number of nitrogens with one attached hydrogen (secondary N) is 1. The first-order valence-electron chi connectivity index (χ1n) is 6.73. The number of anilines is 1. The number of carbonyl (C=O) groups excluding carboxylic acids is 1. The molecule has 0 aliphatic rings. The lowest BCUT2D eigenvalue weighted by Crippen LogP contribution is -2.24. The molecule has 2 aromatic carbocycles. The number of aromatic carboxylic acids is 1. The predicted molar refractivity (Wildman–Crippen MR) is 87.2 cm³/mol. The molecule has 122 valence electrons. The molecule has 5 nitrogen and oxygen atoms in total. The molecule has 0 fully saturated rings. The van der Waals surface area contributed by atoms with Gasteiger partial charge in [-0.15, -0.1) is 0 Å². The van der Waals surface area contributed by atoms with Gasteiger partial charge in [-0.1, -0.05) is 17.7 Å². The van der Waals surface area contributed by atoms with Crippen molar-refractivity contribution in [3.63, 3.8) is 0 Å². The van der Waals surface area contributed by atoms with Crippen LogP contribution in [0.5, 0.6) is 0 Å². The van der Waals surface area contributed by atoms with Crippen LogP contribution in [0.4, 0.5) is 5.69 Å². The van der Waals surface area contributed by atoms with Gasteiger partial charge in [0.1, 0.15) is 0 Å². The molecule has 0 bridgehead atoms. The van der Waals surface area contributed by atoms with Gasteiger partial charge in [-0.25, -0.2) is 8.42 Å². The lowest BCUT2D eigenvalue weighted by atomic mass is 10.1. The Morgan fingerprint density at radius 3 is 2.35 bits per heavy atom. The van der Waals surface area contributed by atoms with Gasteiger partial charge in [0.25, 0.3) is 10.0 Å². The quantitative estimate of drug-likeness (QED) is 0.915. The number of benzene rings is 2. The number of hydrogen-bond acceptors (Lipinski definition) is 4. The second-order valence-electron chi connectivity index (χ2n) is 5.29. The summed E-state index contributed by atoms with van der Waals surface area (Å²) in [5.74, 6) is -1.43. The summed E-state index contributed by atoms with van der Waals surface area (Å²) in [7, 11) is -3.98. The number of sulfonamides is 1. The van der Waals surface area contributed by atoms with Crippen LogP contribution in [0.15, 0.2) is 35.2 Å². The predicted octanol–water partition coefficient (Wildman–Crippen LogP) is 2.43. The van der Waals surface area contributed by atoms with Gasteiger partial charge < -0.3 is 9.90 Å². The highest BCUT2D eigenvalue weighted by molar-refractivity contribution is 7.92. The standard InChI is InChI=1S/C16H16ClNO4S/c1-9-4-5-14(13(17)6-9)18-23(21,22)15-8-12(16(19)20)7-10(2)11(15)3/h4-8,18H,1-3H3,(H,19,20)/p-1. The van der Waals surface area contributed by atoms with Crippen LogP contribution in [0.3, 0.4) is 0 Å². The van der Waals surface area contributed by atoms with E-state index < -0.39 is 16.0 Å². The molecule has 0 radical (unpaired) electrons. The molecule has 0 aromatic heterocycles. The fraction of sp³-hybridized carbons (Fsp3) is 0.188. The fourth-order valence-corrected chi connectivity index (χ4v) is 3.89. The number of aryl methyl sites for hydroxylation is 2. The highest BCUT2D eigenvalue weighted by Gasteiger charge is 2.20. The van der Waals surface area contributed by atoms with E-state index in [4.69, 9.17) is 11.6 Å². The highest BCUT2D eigenvalue weighted by atomic mass is 35.5. The van der Waals surface area contributed by atoms with E-state index >= 15 is 0 Å². The zero-order valence-corrected chi connectivity index (χ0v) is 14.4. The Morgan fingerprint density at radius 1 is 1.13 bits per heavy atom. The first kappa shape index (κ1) is 17.3. The summed E-state index contributed by atoms with van der Waals surface area (Å²) in [5.41, 5.74) is 1.94. The van der Waals surface area contributed by atoms with Gasteiger partial charge in [-0.05, 0) is 67.3 Å². The summed E-state index contributed by atoms with van der Waals surface area (Å²) in [6.07, 6.45) is 0. The van der Waals surface area contributed by atoms with Crippen molar-refractivity contribution >= 4 is 33.3 Å². The minimum atomic E-state index is -3.98. The normalized spacial score (nSPS) is 11.3. The summed E-state index contributed by atoms with van der Waals surface area (Å²) in [6, 6.07) is 7.37. The molecule has 0 aliphatic carbocycles. The smallest absolute Gasteiger partial charge is 0.262 e. The van der Waals surface area contributed by atoms with E-state index in [0.717, 1.165) is 11.6 Å². The SMILES string of the molecule is Cc1ccc(NS(=O)(=O)c2cc(C(=O)[O-])cc(C)c2C)c(Cl)c1. The fourth-order valence-electron chi connectivity index (χ4n) is 2.13. The van der Waals surface area contributed by atoms with Crippen LogP contribution >= 0.6 is 11.6 Å². The van der Waals surface area contributed by atoms with Crippen LogP contribution in [-0.4, -0.2) is 14.4 Å². The minimum Gasteiger partial charge on any atom is -0.545 e. The van der Waals surface area contributed by atoms with E-state index in [1.165, 1.54) is 6.07 Å². The van der Waals surface area contributed by atoms with Gasteiger partial charge in [0.15, 0.2) is 0 Å². The van der Waals surface area contributed by atoms with Gasteiger partial charge in [-0.2, -0.15) is 0 Å². The molecule has 1 N–H and O–H groups in total. The van der Waals surface area contributed by atoms with Crippen molar-refractivity contribution in [2.75, 3.05) is 4.72 Å². The van der Waals surface area contributed by atoms with Crippen LogP contribution in [0.2, 0.25) is 5.02 Å². The molecule has 7 heteroatoms. The third-order valence-corrected chi connectivity index (χ3v) is 5.32. The van der Waals surface area contributed by atoms with Crippen molar-refractivity contribution in [1.29, 1.82) is 0 Å². The first-order valence-corrected chi connectivity index (χ1v) is 8.59. The average Bonchev–Trinajstić information content (AvgIpc) is 2.44. The highest BCUT2D eigenvalue weighted by Crippen LogP contribution is 2.28. The molecule has 0 spiro atoms. The molecule has 0 amide bonds. The Labute approximate surface area is 140 Å². The lowest BCUT2D eigenvalue weighted by Gasteiger charge is -2.15. The third-order valence-electron chi connectivity index (χ3n) is 3.51. The van der Waals surface area contributed by atoms with Crippen molar-refractivity contribution < 1.29 is 18.3 Å². The molecular weight excluding hydrogens is 338 g/mol. The Morgan fingerprint density at radius 2 is 1.78 bits per heavy atom. The van der Waals surface area contributed by atoms with E-state index in [2.05, 4.69) is 4.72 Å². The molecule has 0 heterocycles. The third kappa shape index (κ3) is 3.65. The zero-order chi connectivity index (χ0) is 17.4. The molecule has 0 saturated heterocycles. The lowest BCUT2D eigenvalue weighted by molar-refractivity contribution is -0.255. The van der Waals surface area contributed by atoms with Crippen molar-refractivity contribution in [3.8, 4) is 0 Å². The maximum atomic E-state index is 12.6. The van der Waals surface area contributed by atoms with E-state index in [9.17, 15) is 18.3 Å². The largest absolute Gasteiger partial charge is 0.545 e. The van der Waals surface area contributed by atoms with Crippen LogP contribution in [0, 0.1) is 20.8 Å². The van der Waals surface area contributed by atoms with Crippen LogP contribution in [0.1, 0.15) is 27.0 Å². The van der Waals surface area contributed by atoms with E-state index in [1.807, 2.05) is 6.92 Å². The van der Waals surface area contributed by atoms with Gasteiger partial charge in [-0.3, -0.25) is 4.72 Å². The summed E-state index contributed by atoms with van der Waals surface area (Å²) in [4.78, 5) is 10.9. The molecule has 0 saturated carbocycles. The zero-order valence-electron chi connectivity index (χ0n) is 12.8. The Bertz CT molecular complexity index is 891. The summed E-state index contributed by atoms with van der Waals surface area (Å²) in [5, 5.41) is 11.3. The molecule has 0 aliphatic heterocycles. The number of rotatable bonds is 4. The molecular formula is C16H15ClNO4S-. The maximum Gasteiger partial charge on any atom is 0.262 e. The van der Waals surface area contributed by atoms with Crippen molar-refractivity contribution in [2.45, 2.75) is 25.7 Å². The topological polar surface area (TPSA) is 86.3 Å². The van der Waals surface area contributed by atoms with Gasteiger partial charge in [0.2, 0.25) is 0 Å². The number of hydrogen-bond donors (Lipinski definition) is 1. The van der Waals surface area contributed by atoms with Crippen molar-refractivity contribution in [1.82, 2.24) is 0 Å². The van der Waals surface area contributed by atoms with E-state index in [-0.39, 0.29) is 21.2 Å². The van der Waals surface area contributed by atoms with Crippen molar-refractivity contribution in [3.05, 3.63) is 57.6 Å². The monoisotopic (exact) mass is 352 g/mol. The van der Waals surface area contributed by atoms with E-state index in [1.54, 1.807) is 32.0 Å².